The molecular weight excluding hydrogens is 188 g/mol. The van der Waals surface area contributed by atoms with Crippen LogP contribution in [0.2, 0.25) is 0 Å². The second-order valence-electron chi connectivity index (χ2n) is 4.80. The lowest BCUT2D eigenvalue weighted by atomic mass is 10.1. The number of rotatable bonds is 7. The van der Waals surface area contributed by atoms with E-state index in [1.807, 2.05) is 7.05 Å². The predicted octanol–water partition coefficient (Wildman–Crippen LogP) is 1.34. The van der Waals surface area contributed by atoms with E-state index in [1.165, 1.54) is 25.8 Å². The normalized spacial score (nSPS) is 24.6. The van der Waals surface area contributed by atoms with Gasteiger partial charge in [0.2, 0.25) is 0 Å². The average Bonchev–Trinajstić information content (AvgIpc) is 2.60. The third-order valence-electron chi connectivity index (χ3n) is 3.22. The van der Waals surface area contributed by atoms with Crippen molar-refractivity contribution in [3.63, 3.8) is 0 Å². The van der Waals surface area contributed by atoms with Gasteiger partial charge in [-0.15, -0.1) is 0 Å². The van der Waals surface area contributed by atoms with Gasteiger partial charge >= 0.3 is 0 Å². The van der Waals surface area contributed by atoms with Gasteiger partial charge in [0.25, 0.3) is 0 Å². The van der Waals surface area contributed by atoms with Crippen LogP contribution in [0.15, 0.2) is 0 Å². The van der Waals surface area contributed by atoms with Crippen LogP contribution in [0.1, 0.15) is 26.2 Å². The fourth-order valence-electron chi connectivity index (χ4n) is 2.26. The fourth-order valence-corrected chi connectivity index (χ4v) is 2.26. The lowest BCUT2D eigenvalue weighted by molar-refractivity contribution is 0.0891. The van der Waals surface area contributed by atoms with E-state index in [2.05, 4.69) is 24.2 Å². The Bertz CT molecular complexity index is 164. The van der Waals surface area contributed by atoms with Crippen LogP contribution in [0.3, 0.4) is 0 Å². The molecule has 1 saturated heterocycles. The van der Waals surface area contributed by atoms with Crippen molar-refractivity contribution in [3.8, 4) is 0 Å². The van der Waals surface area contributed by atoms with Gasteiger partial charge in [0, 0.05) is 12.6 Å². The van der Waals surface area contributed by atoms with Crippen LogP contribution in [-0.4, -0.2) is 51.3 Å². The van der Waals surface area contributed by atoms with Crippen molar-refractivity contribution in [1.29, 1.82) is 0 Å². The van der Waals surface area contributed by atoms with E-state index in [0.29, 0.717) is 5.92 Å². The quantitative estimate of drug-likeness (QED) is 0.647. The molecule has 0 aromatic rings. The smallest absolute Gasteiger partial charge is 0.0503 e. The Morgan fingerprint density at radius 3 is 2.93 bits per heavy atom. The molecule has 0 aliphatic carbocycles. The van der Waals surface area contributed by atoms with Crippen LogP contribution in [-0.2, 0) is 4.74 Å². The van der Waals surface area contributed by atoms with Gasteiger partial charge in [-0.25, -0.2) is 0 Å². The average molecular weight is 214 g/mol. The van der Waals surface area contributed by atoms with E-state index in [0.717, 1.165) is 25.8 Å². The topological polar surface area (TPSA) is 24.5 Å². The van der Waals surface area contributed by atoms with Gasteiger partial charge in [-0.3, -0.25) is 0 Å². The highest BCUT2D eigenvalue weighted by atomic mass is 16.5. The number of hydrogen-bond donors (Lipinski definition) is 1. The zero-order valence-corrected chi connectivity index (χ0v) is 10.5. The molecule has 0 radical (unpaired) electrons. The number of ether oxygens (including phenoxy) is 1. The summed E-state index contributed by atoms with van der Waals surface area (Å²) in [6.45, 7) is 6.34. The lowest BCUT2D eigenvalue weighted by Crippen LogP contribution is -2.27. The molecule has 1 aliphatic heterocycles. The van der Waals surface area contributed by atoms with Gasteiger partial charge in [0.05, 0.1) is 6.61 Å². The molecular formula is C12H26N2O. The summed E-state index contributed by atoms with van der Waals surface area (Å²) in [6, 6.07) is 0.768. The molecule has 0 amide bonds. The maximum Gasteiger partial charge on any atom is 0.0503 e. The van der Waals surface area contributed by atoms with E-state index in [-0.39, 0.29) is 0 Å². The summed E-state index contributed by atoms with van der Waals surface area (Å²) < 4.78 is 5.69. The van der Waals surface area contributed by atoms with Crippen LogP contribution >= 0.6 is 0 Å². The maximum atomic E-state index is 5.69. The molecule has 1 fully saturated rings. The number of likely N-dealkylation sites (tertiary alicyclic amines) is 1. The first-order chi connectivity index (χ1) is 7.24. The van der Waals surface area contributed by atoms with Crippen LogP contribution in [0.4, 0.5) is 0 Å². The highest BCUT2D eigenvalue weighted by molar-refractivity contribution is 4.75. The Kier molecular flexibility index (Phi) is 6.22. The van der Waals surface area contributed by atoms with Gasteiger partial charge in [-0.1, -0.05) is 6.92 Å². The molecule has 1 N–H and O–H groups in total. The van der Waals surface area contributed by atoms with Crippen LogP contribution in [0, 0.1) is 5.92 Å². The monoisotopic (exact) mass is 214 g/mol. The SMILES string of the molecule is CNCC(C)COCCC1CCCN1C. The summed E-state index contributed by atoms with van der Waals surface area (Å²) in [5.41, 5.74) is 0. The molecule has 90 valence electrons. The van der Waals surface area contributed by atoms with Gasteiger partial charge in [0.15, 0.2) is 0 Å². The third kappa shape index (κ3) is 4.96. The molecule has 1 aliphatic rings. The molecule has 0 spiro atoms. The fraction of sp³-hybridized carbons (Fsp3) is 1.00. The lowest BCUT2D eigenvalue weighted by Gasteiger charge is -2.19. The number of nitrogens with zero attached hydrogens (tertiary/aromatic N) is 1. The van der Waals surface area contributed by atoms with Crippen LogP contribution < -0.4 is 5.32 Å². The molecule has 15 heavy (non-hydrogen) atoms. The van der Waals surface area contributed by atoms with Crippen molar-refractivity contribution in [2.75, 3.05) is 40.4 Å². The number of nitrogens with one attached hydrogen (secondary N) is 1. The van der Waals surface area contributed by atoms with Crippen molar-refractivity contribution in [2.45, 2.75) is 32.2 Å². The minimum atomic E-state index is 0.622. The van der Waals surface area contributed by atoms with Gasteiger partial charge < -0.3 is 15.0 Å². The molecule has 1 heterocycles. The molecule has 1 rings (SSSR count). The van der Waals surface area contributed by atoms with Crippen molar-refractivity contribution >= 4 is 0 Å². The minimum Gasteiger partial charge on any atom is -0.381 e. The van der Waals surface area contributed by atoms with Crippen LogP contribution in [0.25, 0.3) is 0 Å². The standard InChI is InChI=1S/C12H26N2O/c1-11(9-13-2)10-15-8-6-12-5-4-7-14(12)3/h11-13H,4-10H2,1-3H3. The van der Waals surface area contributed by atoms with E-state index >= 15 is 0 Å². The largest absolute Gasteiger partial charge is 0.381 e. The van der Waals surface area contributed by atoms with E-state index < -0.39 is 0 Å². The summed E-state index contributed by atoms with van der Waals surface area (Å²) in [4.78, 5) is 2.46. The second kappa shape index (κ2) is 7.20. The van der Waals surface area contributed by atoms with E-state index in [9.17, 15) is 0 Å². The van der Waals surface area contributed by atoms with E-state index in [1.54, 1.807) is 0 Å². The highest BCUT2D eigenvalue weighted by Gasteiger charge is 2.19. The van der Waals surface area contributed by atoms with Crippen LogP contribution in [0.5, 0.6) is 0 Å². The Morgan fingerprint density at radius 2 is 2.33 bits per heavy atom. The van der Waals surface area contributed by atoms with Gasteiger partial charge in [-0.2, -0.15) is 0 Å². The van der Waals surface area contributed by atoms with Crippen molar-refractivity contribution < 1.29 is 4.74 Å². The van der Waals surface area contributed by atoms with Gasteiger partial charge in [0.1, 0.15) is 0 Å². The van der Waals surface area contributed by atoms with Crippen molar-refractivity contribution in [2.24, 2.45) is 5.92 Å². The summed E-state index contributed by atoms with van der Waals surface area (Å²) in [6.07, 6.45) is 3.91. The van der Waals surface area contributed by atoms with Crippen molar-refractivity contribution in [1.82, 2.24) is 10.2 Å². The Morgan fingerprint density at radius 1 is 1.53 bits per heavy atom. The zero-order valence-electron chi connectivity index (χ0n) is 10.5. The first kappa shape index (κ1) is 12.9. The van der Waals surface area contributed by atoms with Crippen molar-refractivity contribution in [3.05, 3.63) is 0 Å². The predicted molar refractivity (Wildman–Crippen MR) is 64.2 cm³/mol. The second-order valence-corrected chi connectivity index (χ2v) is 4.80. The molecule has 0 aromatic heterocycles. The summed E-state index contributed by atoms with van der Waals surface area (Å²) in [5.74, 6) is 0.622. The Hall–Kier alpha value is -0.120. The summed E-state index contributed by atoms with van der Waals surface area (Å²) in [5, 5.41) is 3.17. The Balaban J connectivity index is 1.96. The molecule has 3 nitrogen and oxygen atoms in total. The molecule has 0 aromatic carbocycles. The molecule has 3 heteroatoms. The van der Waals surface area contributed by atoms with Gasteiger partial charge in [-0.05, 0) is 52.4 Å². The Labute approximate surface area is 94.2 Å². The highest BCUT2D eigenvalue weighted by Crippen LogP contribution is 2.17. The first-order valence-corrected chi connectivity index (χ1v) is 6.16. The number of hydrogen-bond acceptors (Lipinski definition) is 3. The first-order valence-electron chi connectivity index (χ1n) is 6.16. The summed E-state index contributed by atoms with van der Waals surface area (Å²) >= 11 is 0. The summed E-state index contributed by atoms with van der Waals surface area (Å²) in [7, 11) is 4.21. The molecule has 0 bridgehead atoms. The maximum absolute atomic E-state index is 5.69. The minimum absolute atomic E-state index is 0.622. The molecule has 2 unspecified atom stereocenters. The molecule has 2 atom stereocenters. The third-order valence-corrected chi connectivity index (χ3v) is 3.22. The van der Waals surface area contributed by atoms with E-state index in [4.69, 9.17) is 4.74 Å². The zero-order chi connectivity index (χ0) is 11.1. The molecule has 0 saturated carbocycles.